The van der Waals surface area contributed by atoms with Crippen LogP contribution in [-0.2, 0) is 0 Å². The number of benzene rings is 5. The Morgan fingerprint density at radius 3 is 1.49 bits per heavy atom. The molecule has 5 aromatic rings. The molecule has 1 saturated heterocycles. The number of unbranched alkanes of at least 4 members (excludes halogenated alkanes) is 2. The van der Waals surface area contributed by atoms with Crippen LogP contribution in [0.25, 0.3) is 43.1 Å². The topological polar surface area (TPSA) is 86.8 Å². The molecular weight excluding hydrogens is 741 g/mol. The van der Waals surface area contributed by atoms with Gasteiger partial charge in [-0.2, -0.15) is 0 Å². The van der Waals surface area contributed by atoms with Crippen LogP contribution in [0.15, 0.2) is 36.4 Å². The van der Waals surface area contributed by atoms with Gasteiger partial charge in [0.25, 0.3) is 0 Å². The molecule has 1 aliphatic carbocycles. The first kappa shape index (κ1) is 32.1. The van der Waals surface area contributed by atoms with E-state index in [1.54, 1.807) is 9.80 Å². The number of rotatable bonds is 8. The van der Waals surface area contributed by atoms with Gasteiger partial charge in [-0.05, 0) is 0 Å². The van der Waals surface area contributed by atoms with Crippen LogP contribution in [0.5, 0.6) is 0 Å². The van der Waals surface area contributed by atoms with Crippen molar-refractivity contribution >= 4 is 92.3 Å². The van der Waals surface area contributed by atoms with E-state index < -0.39 is 18.4 Å². The fourth-order valence-electron chi connectivity index (χ4n) is 11.1. The summed E-state index contributed by atoms with van der Waals surface area (Å²) in [5.74, 6) is -0.591. The van der Waals surface area contributed by atoms with E-state index in [1.807, 2.05) is 12.1 Å². The fourth-order valence-corrected chi connectivity index (χ4v) is 27.7. The Balaban J connectivity index is 1.32. The molecule has 1 N–H and O–H groups in total. The second-order valence-corrected chi connectivity index (χ2v) is 28.1. The molecule has 7 nitrogen and oxygen atoms in total. The monoisotopic (exact) mass is 787 g/mol. The van der Waals surface area contributed by atoms with Gasteiger partial charge in [0.1, 0.15) is 0 Å². The SMILES string of the molecule is CCC[CH2][Sn]1([CH2]CCC)[c]2cc3c4c(ccc5c6ccc7c8c(c[c]1c(c2c45)c86)C(=O)N(C1CCNCC1)C7=O)C(=O)N(C1CCCCC1)C3=O. The molecule has 10 rings (SSSR count). The number of hydrogen-bond donors (Lipinski definition) is 1. The molecule has 4 amide bonds. The Labute approximate surface area is 302 Å². The van der Waals surface area contributed by atoms with E-state index in [-0.39, 0.29) is 35.7 Å². The molecule has 8 heteroatoms. The van der Waals surface area contributed by atoms with Crippen LogP contribution < -0.4 is 12.5 Å². The second-order valence-electron chi connectivity index (χ2n) is 16.0. The van der Waals surface area contributed by atoms with E-state index in [4.69, 9.17) is 0 Å². The summed E-state index contributed by atoms with van der Waals surface area (Å²) in [6, 6.07) is 12.5. The number of nitrogens with one attached hydrogen (secondary N) is 1. The maximum atomic E-state index is 14.8. The molecular formula is C43H45N3O4Sn. The molecule has 2 fully saturated rings. The average Bonchev–Trinajstić information content (AvgIpc) is 3.44. The van der Waals surface area contributed by atoms with Crippen molar-refractivity contribution in [2.24, 2.45) is 0 Å². The molecule has 0 atom stereocenters. The Kier molecular flexibility index (Phi) is 7.38. The zero-order valence-corrected chi connectivity index (χ0v) is 32.6. The molecule has 1 saturated carbocycles. The summed E-state index contributed by atoms with van der Waals surface area (Å²) < 4.78 is 5.01. The summed E-state index contributed by atoms with van der Waals surface area (Å²) in [6.45, 7) is 6.13. The predicted molar refractivity (Wildman–Crippen MR) is 206 cm³/mol. The molecule has 0 aromatic heterocycles. The van der Waals surface area contributed by atoms with Gasteiger partial charge in [-0.1, -0.05) is 0 Å². The number of hydrogen-bond acceptors (Lipinski definition) is 5. The fraction of sp³-hybridized carbons (Fsp3) is 0.442. The predicted octanol–water partition coefficient (Wildman–Crippen LogP) is 7.49. The van der Waals surface area contributed by atoms with Gasteiger partial charge >= 0.3 is 304 Å². The minimum atomic E-state index is -3.64. The molecule has 4 heterocycles. The third-order valence-electron chi connectivity index (χ3n) is 13.5. The van der Waals surface area contributed by atoms with Gasteiger partial charge in [0.05, 0.1) is 0 Å². The first-order valence-corrected chi connectivity index (χ1v) is 26.6. The van der Waals surface area contributed by atoms with Crippen LogP contribution in [0.2, 0.25) is 8.87 Å². The molecule has 0 radical (unpaired) electrons. The van der Waals surface area contributed by atoms with Crippen LogP contribution in [-0.4, -0.2) is 77.0 Å². The Bertz CT molecular complexity index is 2200. The van der Waals surface area contributed by atoms with Crippen molar-refractivity contribution in [1.82, 2.24) is 15.1 Å². The number of nitrogens with zero attached hydrogens (tertiary/aromatic N) is 2. The van der Waals surface area contributed by atoms with Gasteiger partial charge in [0, 0.05) is 0 Å². The first-order chi connectivity index (χ1) is 24.9. The summed E-state index contributed by atoms with van der Waals surface area (Å²) in [5.41, 5.74) is 2.67. The van der Waals surface area contributed by atoms with Crippen LogP contribution in [0.4, 0.5) is 0 Å². The van der Waals surface area contributed by atoms with Gasteiger partial charge in [-0.3, -0.25) is 0 Å². The van der Waals surface area contributed by atoms with Crippen molar-refractivity contribution < 1.29 is 19.2 Å². The quantitative estimate of drug-likeness (QED) is 0.0763. The Hall–Kier alpha value is -3.56. The van der Waals surface area contributed by atoms with Gasteiger partial charge in [-0.15, -0.1) is 0 Å². The Morgan fingerprint density at radius 2 is 1.02 bits per heavy atom. The number of carbonyl (C=O) groups excluding carboxylic acids is 4. The van der Waals surface area contributed by atoms with E-state index in [9.17, 15) is 19.2 Å². The first-order valence-electron chi connectivity index (χ1n) is 19.7. The average molecular weight is 787 g/mol. The summed E-state index contributed by atoms with van der Waals surface area (Å²) in [4.78, 5) is 61.6. The summed E-state index contributed by atoms with van der Waals surface area (Å²) in [6.07, 6.45) is 10.9. The van der Waals surface area contributed by atoms with Gasteiger partial charge in [-0.25, -0.2) is 0 Å². The van der Waals surface area contributed by atoms with Crippen molar-refractivity contribution in [2.45, 2.75) is 105 Å². The van der Waals surface area contributed by atoms with Crippen LogP contribution >= 0.6 is 0 Å². The van der Waals surface area contributed by atoms with Crippen molar-refractivity contribution in [2.75, 3.05) is 13.1 Å². The number of carbonyl (C=O) groups is 4. The standard InChI is InChI=1S/C35H27N3O4.2C4H9.Sn/c39-32-24-10-6-20-22-8-12-26-31-27(35(42)38(34(26)41)19-14-16-36-17-15-19)13-9-23(29(22)31)21-7-11-25(30(24)28(20)21)33(40)37(32)18-4-2-1-3-5-18;2*1-3-4-2;/h6,8,10-13,18-19,36H,1-5,14-17H2;2*1,3-4H2,2H3;. The number of imide groups is 2. The molecule has 5 aliphatic rings. The van der Waals surface area contributed by atoms with Gasteiger partial charge < -0.3 is 0 Å². The van der Waals surface area contributed by atoms with Crippen molar-refractivity contribution in [3.8, 4) is 0 Å². The van der Waals surface area contributed by atoms with E-state index in [0.717, 1.165) is 125 Å². The molecule has 51 heavy (non-hydrogen) atoms. The normalized spacial score (nSPS) is 20.5. The molecule has 0 bridgehead atoms. The van der Waals surface area contributed by atoms with Crippen molar-refractivity contribution in [3.05, 3.63) is 58.7 Å². The zero-order chi connectivity index (χ0) is 34.8. The van der Waals surface area contributed by atoms with Gasteiger partial charge in [0.15, 0.2) is 0 Å². The number of amides is 4. The van der Waals surface area contributed by atoms with E-state index in [1.165, 1.54) is 17.9 Å². The summed E-state index contributed by atoms with van der Waals surface area (Å²) in [7, 11) is 0. The summed E-state index contributed by atoms with van der Waals surface area (Å²) in [5, 5.41) is 11.6. The molecule has 260 valence electrons. The Morgan fingerprint density at radius 1 is 0.569 bits per heavy atom. The number of piperidine rings is 1. The van der Waals surface area contributed by atoms with Gasteiger partial charge in [0.2, 0.25) is 0 Å². The third-order valence-corrected chi connectivity index (χ3v) is 28.5. The molecule has 0 unspecified atom stereocenters. The molecule has 0 spiro atoms. The molecule has 4 aliphatic heterocycles. The zero-order valence-electron chi connectivity index (χ0n) is 29.8. The molecule has 5 aromatic carbocycles. The van der Waals surface area contributed by atoms with Crippen molar-refractivity contribution in [3.63, 3.8) is 0 Å². The van der Waals surface area contributed by atoms with Crippen LogP contribution in [0.3, 0.4) is 0 Å². The van der Waals surface area contributed by atoms with Crippen LogP contribution in [0, 0.1) is 0 Å². The second kappa shape index (κ2) is 11.7. The van der Waals surface area contributed by atoms with E-state index in [0.29, 0.717) is 22.3 Å². The minimum absolute atomic E-state index is 0.0529. The van der Waals surface area contributed by atoms with E-state index in [2.05, 4.69) is 43.4 Å². The number of fused-ring (bicyclic) bond motifs is 1. The van der Waals surface area contributed by atoms with E-state index >= 15 is 0 Å². The van der Waals surface area contributed by atoms with Crippen molar-refractivity contribution in [1.29, 1.82) is 0 Å². The van der Waals surface area contributed by atoms with Crippen LogP contribution in [0.1, 0.15) is 126 Å². The maximum absolute atomic E-state index is 14.8. The third kappa shape index (κ3) is 4.16. The summed E-state index contributed by atoms with van der Waals surface area (Å²) >= 11 is -3.64.